The Kier molecular flexibility index (Phi) is 5.62. The van der Waals surface area contributed by atoms with Gasteiger partial charge in [0.05, 0.1) is 12.0 Å². The molecule has 0 spiro atoms. The Bertz CT molecular complexity index is 385. The number of nitrogens with zero attached hydrogens (tertiary/aromatic N) is 1. The van der Waals surface area contributed by atoms with E-state index in [0.717, 1.165) is 18.7 Å². The first-order valence-corrected chi connectivity index (χ1v) is 6.63. The van der Waals surface area contributed by atoms with Crippen LogP contribution in [-0.2, 0) is 0 Å². The summed E-state index contributed by atoms with van der Waals surface area (Å²) in [4.78, 5) is 10.4. The van der Waals surface area contributed by atoms with Gasteiger partial charge in [0.15, 0.2) is 0 Å². The van der Waals surface area contributed by atoms with Crippen molar-refractivity contribution in [2.45, 2.75) is 6.42 Å². The van der Waals surface area contributed by atoms with Gasteiger partial charge in [-0.25, -0.2) is 0 Å². The van der Waals surface area contributed by atoms with Crippen LogP contribution in [0.2, 0.25) is 0 Å². The maximum absolute atomic E-state index is 10.8. The van der Waals surface area contributed by atoms with E-state index in [1.54, 1.807) is 31.0 Å². The molecule has 0 unspecified atom stereocenters. The number of benzene rings is 1. The first-order valence-electron chi connectivity index (χ1n) is 5.24. The number of nitro groups is 1. The Morgan fingerprint density at radius 3 is 2.88 bits per heavy atom. The summed E-state index contributed by atoms with van der Waals surface area (Å²) >= 11 is 1.76. The summed E-state index contributed by atoms with van der Waals surface area (Å²) in [5.74, 6) is 1.65. The van der Waals surface area contributed by atoms with E-state index in [1.807, 2.05) is 6.26 Å². The van der Waals surface area contributed by atoms with Crippen molar-refractivity contribution < 1.29 is 9.66 Å². The molecular weight excluding hydrogens is 240 g/mol. The van der Waals surface area contributed by atoms with Crippen molar-refractivity contribution in [3.63, 3.8) is 0 Å². The van der Waals surface area contributed by atoms with Crippen molar-refractivity contribution in [3.05, 3.63) is 28.3 Å². The van der Waals surface area contributed by atoms with Gasteiger partial charge in [0.1, 0.15) is 11.4 Å². The average molecular weight is 256 g/mol. The molecule has 0 heterocycles. The van der Waals surface area contributed by atoms with E-state index in [9.17, 15) is 10.1 Å². The summed E-state index contributed by atoms with van der Waals surface area (Å²) in [7, 11) is 1.54. The summed E-state index contributed by atoms with van der Waals surface area (Å²) < 4.78 is 5.05. The molecule has 1 aromatic rings. The second kappa shape index (κ2) is 7.01. The molecule has 0 bridgehead atoms. The number of hydrogen-bond donors (Lipinski definition) is 1. The number of nitrogens with one attached hydrogen (secondary N) is 1. The molecule has 1 N–H and O–H groups in total. The zero-order chi connectivity index (χ0) is 12.7. The molecule has 0 radical (unpaired) electrons. The lowest BCUT2D eigenvalue weighted by molar-refractivity contribution is -0.384. The third-order valence-electron chi connectivity index (χ3n) is 2.24. The highest BCUT2D eigenvalue weighted by atomic mass is 32.2. The molecule has 17 heavy (non-hydrogen) atoms. The van der Waals surface area contributed by atoms with Gasteiger partial charge in [-0.2, -0.15) is 11.8 Å². The Morgan fingerprint density at radius 2 is 2.29 bits per heavy atom. The Labute approximate surface area is 105 Å². The van der Waals surface area contributed by atoms with Crippen LogP contribution < -0.4 is 10.1 Å². The van der Waals surface area contributed by atoms with Gasteiger partial charge in [-0.1, -0.05) is 0 Å². The molecule has 1 rings (SSSR count). The summed E-state index contributed by atoms with van der Waals surface area (Å²) in [5.41, 5.74) is 0.588. The van der Waals surface area contributed by atoms with Crippen molar-refractivity contribution in [2.75, 3.05) is 31.0 Å². The molecule has 1 aromatic carbocycles. The third kappa shape index (κ3) is 4.14. The quantitative estimate of drug-likeness (QED) is 0.461. The normalized spacial score (nSPS) is 10.0. The molecule has 0 atom stereocenters. The smallest absolute Gasteiger partial charge is 0.292 e. The second-order valence-electron chi connectivity index (χ2n) is 3.41. The fraction of sp³-hybridized carbons (Fsp3) is 0.455. The molecule has 0 fully saturated rings. The first-order chi connectivity index (χ1) is 8.19. The van der Waals surface area contributed by atoms with Gasteiger partial charge in [0.2, 0.25) is 0 Å². The molecule has 0 aliphatic carbocycles. The van der Waals surface area contributed by atoms with Gasteiger partial charge in [-0.3, -0.25) is 10.1 Å². The minimum absolute atomic E-state index is 0.0787. The predicted octanol–water partition coefficient (Wildman–Crippen LogP) is 2.77. The Hall–Kier alpha value is -1.43. The number of thioether (sulfide) groups is 1. The van der Waals surface area contributed by atoms with Crippen LogP contribution >= 0.6 is 11.8 Å². The lowest BCUT2D eigenvalue weighted by Crippen LogP contribution is -2.05. The predicted molar refractivity (Wildman–Crippen MR) is 71.1 cm³/mol. The van der Waals surface area contributed by atoms with Crippen molar-refractivity contribution in [1.82, 2.24) is 0 Å². The van der Waals surface area contributed by atoms with Gasteiger partial charge >= 0.3 is 0 Å². The fourth-order valence-corrected chi connectivity index (χ4v) is 1.82. The number of methoxy groups -OCH3 is 1. The highest BCUT2D eigenvalue weighted by Gasteiger charge is 2.13. The number of anilines is 1. The maximum atomic E-state index is 10.8. The van der Waals surface area contributed by atoms with Crippen molar-refractivity contribution >= 4 is 23.1 Å². The monoisotopic (exact) mass is 256 g/mol. The molecule has 6 heteroatoms. The summed E-state index contributed by atoms with van der Waals surface area (Å²) in [5, 5.41) is 13.9. The van der Waals surface area contributed by atoms with Gasteiger partial charge in [-0.05, 0) is 24.5 Å². The molecule has 5 nitrogen and oxygen atoms in total. The molecule has 0 aromatic heterocycles. The van der Waals surface area contributed by atoms with Crippen LogP contribution in [0.25, 0.3) is 0 Å². The lowest BCUT2D eigenvalue weighted by atomic mass is 10.2. The topological polar surface area (TPSA) is 64.4 Å². The highest BCUT2D eigenvalue weighted by molar-refractivity contribution is 7.98. The number of rotatable bonds is 7. The molecule has 94 valence electrons. The van der Waals surface area contributed by atoms with E-state index < -0.39 is 4.92 Å². The van der Waals surface area contributed by atoms with Crippen LogP contribution in [0, 0.1) is 10.1 Å². The molecule has 0 aliphatic rings. The summed E-state index contributed by atoms with van der Waals surface area (Å²) in [6, 6.07) is 4.69. The van der Waals surface area contributed by atoms with Gasteiger partial charge in [0.25, 0.3) is 5.69 Å². The van der Waals surface area contributed by atoms with E-state index in [4.69, 9.17) is 4.74 Å². The number of ether oxygens (including phenoxy) is 1. The highest BCUT2D eigenvalue weighted by Crippen LogP contribution is 2.28. The Balaban J connectivity index is 2.75. The van der Waals surface area contributed by atoms with E-state index in [0.29, 0.717) is 11.4 Å². The first kappa shape index (κ1) is 13.6. The van der Waals surface area contributed by atoms with Gasteiger partial charge in [-0.15, -0.1) is 0 Å². The largest absolute Gasteiger partial charge is 0.497 e. The second-order valence-corrected chi connectivity index (χ2v) is 4.40. The van der Waals surface area contributed by atoms with Crippen molar-refractivity contribution in [2.24, 2.45) is 0 Å². The molecule has 0 amide bonds. The van der Waals surface area contributed by atoms with E-state index in [1.165, 1.54) is 6.07 Å². The van der Waals surface area contributed by atoms with E-state index in [2.05, 4.69) is 5.32 Å². The van der Waals surface area contributed by atoms with Gasteiger partial charge < -0.3 is 10.1 Å². The van der Waals surface area contributed by atoms with Crippen LogP contribution in [0.15, 0.2) is 18.2 Å². The van der Waals surface area contributed by atoms with Crippen LogP contribution in [-0.4, -0.2) is 30.6 Å². The zero-order valence-corrected chi connectivity index (χ0v) is 10.8. The fourth-order valence-electron chi connectivity index (χ4n) is 1.38. The summed E-state index contributed by atoms with van der Waals surface area (Å²) in [6.45, 7) is 0.717. The van der Waals surface area contributed by atoms with E-state index in [-0.39, 0.29) is 5.69 Å². The molecular formula is C11H16N2O3S. The number of nitro benzene ring substituents is 1. The van der Waals surface area contributed by atoms with Crippen LogP contribution in [0.3, 0.4) is 0 Å². The number of hydrogen-bond acceptors (Lipinski definition) is 5. The molecule has 0 aliphatic heterocycles. The SMILES string of the molecule is COc1ccc([N+](=O)[O-])c(NCCCSC)c1. The minimum Gasteiger partial charge on any atom is -0.497 e. The van der Waals surface area contributed by atoms with Crippen LogP contribution in [0.1, 0.15) is 6.42 Å². The Morgan fingerprint density at radius 1 is 1.53 bits per heavy atom. The lowest BCUT2D eigenvalue weighted by Gasteiger charge is -2.08. The standard InChI is InChI=1S/C11H16N2O3S/c1-16-9-4-5-11(13(14)15)10(8-9)12-6-3-7-17-2/h4-5,8,12H,3,6-7H2,1-2H3. The van der Waals surface area contributed by atoms with Crippen molar-refractivity contribution in [3.8, 4) is 5.75 Å². The average Bonchev–Trinajstić information content (AvgIpc) is 2.34. The summed E-state index contributed by atoms with van der Waals surface area (Å²) in [6.07, 6.45) is 3.00. The molecule has 0 saturated heterocycles. The van der Waals surface area contributed by atoms with Crippen LogP contribution in [0.4, 0.5) is 11.4 Å². The van der Waals surface area contributed by atoms with Gasteiger partial charge in [0, 0.05) is 18.7 Å². The van der Waals surface area contributed by atoms with E-state index >= 15 is 0 Å². The third-order valence-corrected chi connectivity index (χ3v) is 2.94. The minimum atomic E-state index is -0.393. The maximum Gasteiger partial charge on any atom is 0.292 e. The zero-order valence-electron chi connectivity index (χ0n) is 9.93. The van der Waals surface area contributed by atoms with Crippen molar-refractivity contribution in [1.29, 1.82) is 0 Å². The molecule has 0 saturated carbocycles. The van der Waals surface area contributed by atoms with Crippen LogP contribution in [0.5, 0.6) is 5.75 Å².